The van der Waals surface area contributed by atoms with Gasteiger partial charge in [-0.05, 0) is 60.2 Å². The number of ether oxygens (including phenoxy) is 2. The van der Waals surface area contributed by atoms with Crippen molar-refractivity contribution >= 4 is 11.6 Å². The summed E-state index contributed by atoms with van der Waals surface area (Å²) in [6, 6.07) is 18.4. The molecule has 4 nitrogen and oxygen atoms in total. The van der Waals surface area contributed by atoms with Crippen LogP contribution in [0.25, 0.3) is 11.6 Å². The molecule has 0 bridgehead atoms. The fourth-order valence-corrected chi connectivity index (χ4v) is 3.47. The van der Waals surface area contributed by atoms with E-state index < -0.39 is 0 Å². The van der Waals surface area contributed by atoms with E-state index in [-0.39, 0.29) is 11.9 Å². The van der Waals surface area contributed by atoms with E-state index in [1.807, 2.05) is 65.2 Å². The molecule has 2 aromatic heterocycles. The van der Waals surface area contributed by atoms with E-state index in [1.54, 1.807) is 12.4 Å². The Balaban J connectivity index is 1.26. The molecule has 0 aliphatic carbocycles. The Kier molecular flexibility index (Phi) is 4.48. The minimum atomic E-state index is -0.223. The monoisotopic (exact) mass is 386 g/mol. The second-order valence-electron chi connectivity index (χ2n) is 6.98. The molecule has 0 N–H and O–H groups in total. The molecule has 0 amide bonds. The molecule has 1 atom stereocenters. The summed E-state index contributed by atoms with van der Waals surface area (Å²) >= 11 is 0. The van der Waals surface area contributed by atoms with Crippen molar-refractivity contribution in [2.24, 2.45) is 0 Å². The van der Waals surface area contributed by atoms with Gasteiger partial charge in [0.2, 0.25) is 0 Å². The van der Waals surface area contributed by atoms with E-state index >= 15 is 0 Å². The highest BCUT2D eigenvalue weighted by Gasteiger charge is 2.18. The van der Waals surface area contributed by atoms with Crippen LogP contribution in [-0.2, 0) is 6.42 Å². The molecule has 0 saturated carbocycles. The smallest absolute Gasteiger partial charge is 0.159 e. The zero-order valence-corrected chi connectivity index (χ0v) is 15.7. The van der Waals surface area contributed by atoms with Crippen LogP contribution in [0.15, 0.2) is 79.3 Å². The fourth-order valence-electron chi connectivity index (χ4n) is 3.47. The van der Waals surface area contributed by atoms with Gasteiger partial charge in [0, 0.05) is 23.7 Å². The minimum Gasteiger partial charge on any atom is -0.493 e. The maximum absolute atomic E-state index is 13.3. The maximum Gasteiger partial charge on any atom is 0.159 e. The number of hydrogen-bond acceptors (Lipinski definition) is 3. The summed E-state index contributed by atoms with van der Waals surface area (Å²) in [4.78, 5) is 4.50. The van der Waals surface area contributed by atoms with E-state index in [4.69, 9.17) is 9.47 Å². The lowest BCUT2D eigenvalue weighted by Crippen LogP contribution is -2.11. The van der Waals surface area contributed by atoms with Crippen molar-refractivity contribution in [2.75, 3.05) is 6.61 Å². The summed E-state index contributed by atoms with van der Waals surface area (Å²) < 4.78 is 27.2. The van der Waals surface area contributed by atoms with Gasteiger partial charge in [-0.25, -0.2) is 9.37 Å². The highest BCUT2D eigenvalue weighted by molar-refractivity contribution is 5.62. The molecule has 5 heteroatoms. The number of benzene rings is 2. The van der Waals surface area contributed by atoms with Gasteiger partial charge in [-0.3, -0.25) is 0 Å². The first kappa shape index (κ1) is 17.5. The molecular formula is C24H19FN2O2. The first-order valence-electron chi connectivity index (χ1n) is 9.53. The van der Waals surface area contributed by atoms with Crippen molar-refractivity contribution in [3.05, 3.63) is 102 Å². The summed E-state index contributed by atoms with van der Waals surface area (Å²) in [5.74, 6) is 1.34. The van der Waals surface area contributed by atoms with Crippen LogP contribution in [-0.4, -0.2) is 16.0 Å². The topological polar surface area (TPSA) is 35.8 Å². The van der Waals surface area contributed by atoms with Crippen LogP contribution in [0.1, 0.15) is 22.9 Å². The molecule has 5 rings (SSSR count). The fraction of sp³-hybridized carbons (Fsp3) is 0.125. The lowest BCUT2D eigenvalue weighted by atomic mass is 10.1. The zero-order valence-electron chi connectivity index (χ0n) is 15.7. The van der Waals surface area contributed by atoms with Gasteiger partial charge in [-0.1, -0.05) is 18.2 Å². The highest BCUT2D eigenvalue weighted by Crippen LogP contribution is 2.34. The minimum absolute atomic E-state index is 0.220. The second kappa shape index (κ2) is 7.43. The molecular weight excluding hydrogens is 367 g/mol. The maximum atomic E-state index is 13.3. The van der Waals surface area contributed by atoms with Gasteiger partial charge in [0.15, 0.2) is 6.10 Å². The van der Waals surface area contributed by atoms with Gasteiger partial charge in [0.05, 0.1) is 18.6 Å². The average Bonchev–Trinajstić information content (AvgIpc) is 3.21. The first-order valence-corrected chi connectivity index (χ1v) is 9.53. The summed E-state index contributed by atoms with van der Waals surface area (Å²) in [7, 11) is 0. The normalized spacial score (nSPS) is 15.1. The molecule has 0 fully saturated rings. The molecule has 1 unspecified atom stereocenters. The zero-order chi connectivity index (χ0) is 19.6. The molecule has 0 spiro atoms. The molecule has 3 heterocycles. The van der Waals surface area contributed by atoms with E-state index in [1.165, 1.54) is 12.1 Å². The molecule has 144 valence electrons. The van der Waals surface area contributed by atoms with Gasteiger partial charge in [-0.15, -0.1) is 0 Å². The van der Waals surface area contributed by atoms with Crippen LogP contribution >= 0.6 is 0 Å². The van der Waals surface area contributed by atoms with Gasteiger partial charge in [0.1, 0.15) is 17.3 Å². The molecule has 29 heavy (non-hydrogen) atoms. The highest BCUT2D eigenvalue weighted by atomic mass is 19.1. The molecule has 4 aromatic rings. The van der Waals surface area contributed by atoms with Crippen LogP contribution in [0.3, 0.4) is 0 Å². The standard InChI is InChI=1S/C24H19FN2O2/c25-19-4-1-3-17(13-19)10-12-28-21-7-9-23-18(14-21)6-8-24(29-23)22-15-20-5-2-11-27(20)16-26-22/h1-9,11,13-16,24H,10,12H2. The Labute approximate surface area is 167 Å². The number of rotatable bonds is 5. The number of hydrogen-bond donors (Lipinski definition) is 0. The number of aromatic nitrogens is 2. The van der Waals surface area contributed by atoms with Crippen LogP contribution in [0.5, 0.6) is 11.5 Å². The van der Waals surface area contributed by atoms with E-state index in [9.17, 15) is 4.39 Å². The average molecular weight is 386 g/mol. The SMILES string of the molecule is Fc1cccc(CCOc2ccc3c(c2)C=CC(c2cc4cccn4cn2)O3)c1. The van der Waals surface area contributed by atoms with Crippen molar-refractivity contribution in [3.8, 4) is 11.5 Å². The van der Waals surface area contributed by atoms with Gasteiger partial charge in [0.25, 0.3) is 0 Å². The summed E-state index contributed by atoms with van der Waals surface area (Å²) in [6.07, 6.45) is 8.23. The number of halogens is 1. The van der Waals surface area contributed by atoms with Crippen molar-refractivity contribution in [1.29, 1.82) is 0 Å². The lowest BCUT2D eigenvalue weighted by Gasteiger charge is -2.21. The number of nitrogens with zero attached hydrogens (tertiary/aromatic N) is 2. The Morgan fingerprint density at radius 3 is 2.97 bits per heavy atom. The Morgan fingerprint density at radius 1 is 1.07 bits per heavy atom. The third-order valence-corrected chi connectivity index (χ3v) is 4.96. The quantitative estimate of drug-likeness (QED) is 0.470. The third kappa shape index (κ3) is 3.72. The molecule has 0 radical (unpaired) electrons. The predicted molar refractivity (Wildman–Crippen MR) is 110 cm³/mol. The van der Waals surface area contributed by atoms with Crippen LogP contribution in [0.4, 0.5) is 4.39 Å². The van der Waals surface area contributed by atoms with Crippen LogP contribution < -0.4 is 9.47 Å². The van der Waals surface area contributed by atoms with Crippen molar-refractivity contribution in [2.45, 2.75) is 12.5 Å². The van der Waals surface area contributed by atoms with Crippen LogP contribution in [0.2, 0.25) is 0 Å². The van der Waals surface area contributed by atoms with E-state index in [0.29, 0.717) is 13.0 Å². The Hall–Kier alpha value is -3.60. The van der Waals surface area contributed by atoms with Crippen molar-refractivity contribution in [1.82, 2.24) is 9.38 Å². The largest absolute Gasteiger partial charge is 0.493 e. The van der Waals surface area contributed by atoms with E-state index in [2.05, 4.69) is 4.98 Å². The molecule has 0 saturated heterocycles. The van der Waals surface area contributed by atoms with Gasteiger partial charge in [-0.2, -0.15) is 0 Å². The van der Waals surface area contributed by atoms with Crippen molar-refractivity contribution in [3.63, 3.8) is 0 Å². The Bertz CT molecular complexity index is 1200. The second-order valence-corrected chi connectivity index (χ2v) is 6.98. The van der Waals surface area contributed by atoms with E-state index in [0.717, 1.165) is 33.8 Å². The lowest BCUT2D eigenvalue weighted by molar-refractivity contribution is 0.246. The third-order valence-electron chi connectivity index (χ3n) is 4.96. The predicted octanol–water partition coefficient (Wildman–Crippen LogP) is 5.24. The summed E-state index contributed by atoms with van der Waals surface area (Å²) in [5, 5.41) is 0. The number of fused-ring (bicyclic) bond motifs is 2. The van der Waals surface area contributed by atoms with Crippen molar-refractivity contribution < 1.29 is 13.9 Å². The van der Waals surface area contributed by atoms with Crippen LogP contribution in [0, 0.1) is 5.82 Å². The first-order chi connectivity index (χ1) is 14.2. The van der Waals surface area contributed by atoms with Gasteiger partial charge < -0.3 is 13.9 Å². The summed E-state index contributed by atoms with van der Waals surface area (Å²) in [5.41, 5.74) is 3.84. The molecule has 1 aliphatic heterocycles. The molecule has 1 aliphatic rings. The summed E-state index contributed by atoms with van der Waals surface area (Å²) in [6.45, 7) is 0.483. The Morgan fingerprint density at radius 2 is 2.03 bits per heavy atom. The van der Waals surface area contributed by atoms with Gasteiger partial charge >= 0.3 is 0 Å². The molecule has 2 aromatic carbocycles.